The topological polar surface area (TPSA) is 13.1 Å². The van der Waals surface area contributed by atoms with Crippen molar-refractivity contribution in [2.45, 2.75) is 52.9 Å². The normalized spacial score (nSPS) is 11.6. The van der Waals surface area contributed by atoms with E-state index in [-0.39, 0.29) is 0 Å². The average molecular weight is 194 g/mol. The zero-order valence-corrected chi connectivity index (χ0v) is 9.84. The van der Waals surface area contributed by atoms with E-state index < -0.39 is 0 Å². The van der Waals surface area contributed by atoms with Gasteiger partial charge in [-0.1, -0.05) is 34.1 Å². The van der Waals surface area contributed by atoms with E-state index in [2.05, 4.69) is 27.7 Å². The molecule has 1 heteroatoms. The third-order valence-corrected chi connectivity index (χ3v) is 2.63. The minimum absolute atomic E-state index is 0.586. The summed E-state index contributed by atoms with van der Waals surface area (Å²) < 4.78 is 5.26. The van der Waals surface area contributed by atoms with Gasteiger partial charge in [0.1, 0.15) is 0 Å². The first-order chi connectivity index (χ1) is 6.61. The highest BCUT2D eigenvalue weighted by molar-refractivity contribution is 5.24. The summed E-state index contributed by atoms with van der Waals surface area (Å²) in [6, 6.07) is 0. The van der Waals surface area contributed by atoms with Crippen molar-refractivity contribution in [1.82, 2.24) is 0 Å². The van der Waals surface area contributed by atoms with Gasteiger partial charge in [-0.05, 0) is 35.8 Å². The van der Waals surface area contributed by atoms with Gasteiger partial charge in [0.25, 0.3) is 0 Å². The maximum Gasteiger partial charge on any atom is 0.0940 e. The Bertz CT molecular complexity index is 258. The van der Waals surface area contributed by atoms with Crippen LogP contribution in [0.15, 0.2) is 16.9 Å². The van der Waals surface area contributed by atoms with Gasteiger partial charge in [-0.25, -0.2) is 0 Å². The molecule has 0 aliphatic carbocycles. The summed E-state index contributed by atoms with van der Waals surface area (Å²) in [4.78, 5) is 0. The van der Waals surface area contributed by atoms with Crippen LogP contribution < -0.4 is 0 Å². The highest BCUT2D eigenvalue weighted by Crippen LogP contribution is 2.22. The van der Waals surface area contributed by atoms with E-state index in [1.54, 1.807) is 0 Å². The summed E-state index contributed by atoms with van der Waals surface area (Å²) in [5.74, 6) is 1.40. The molecule has 0 aliphatic rings. The fourth-order valence-electron chi connectivity index (χ4n) is 1.74. The van der Waals surface area contributed by atoms with Crippen molar-refractivity contribution >= 4 is 0 Å². The molecule has 80 valence electrons. The van der Waals surface area contributed by atoms with E-state index in [4.69, 9.17) is 4.42 Å². The van der Waals surface area contributed by atoms with Crippen LogP contribution in [0.5, 0.6) is 0 Å². The molecule has 1 aromatic rings. The standard InChI is InChI=1S/C13H22O/c1-10(2)6-5-7-12-8-14-9-13(12)11(3)4/h8-11H,5-7H2,1-4H3. The molecule has 0 aliphatic heterocycles. The molecule has 0 saturated carbocycles. The lowest BCUT2D eigenvalue weighted by atomic mass is 9.97. The fourth-order valence-corrected chi connectivity index (χ4v) is 1.74. The maximum absolute atomic E-state index is 5.26. The SMILES string of the molecule is CC(C)CCCc1cocc1C(C)C. The Kier molecular flexibility index (Phi) is 4.24. The van der Waals surface area contributed by atoms with Crippen LogP contribution in [-0.4, -0.2) is 0 Å². The van der Waals surface area contributed by atoms with E-state index in [0.717, 1.165) is 5.92 Å². The van der Waals surface area contributed by atoms with Gasteiger partial charge in [-0.15, -0.1) is 0 Å². The van der Waals surface area contributed by atoms with Crippen molar-refractivity contribution in [2.75, 3.05) is 0 Å². The summed E-state index contributed by atoms with van der Waals surface area (Å²) in [6.07, 6.45) is 7.56. The monoisotopic (exact) mass is 194 g/mol. The van der Waals surface area contributed by atoms with Crippen LogP contribution in [0.1, 0.15) is 57.6 Å². The number of hydrogen-bond acceptors (Lipinski definition) is 1. The highest BCUT2D eigenvalue weighted by atomic mass is 16.3. The van der Waals surface area contributed by atoms with E-state index in [0.29, 0.717) is 5.92 Å². The summed E-state index contributed by atoms with van der Waals surface area (Å²) in [6.45, 7) is 8.99. The Hall–Kier alpha value is -0.720. The van der Waals surface area contributed by atoms with E-state index in [9.17, 15) is 0 Å². The van der Waals surface area contributed by atoms with Gasteiger partial charge in [0.15, 0.2) is 0 Å². The molecule has 0 spiro atoms. The molecule has 0 bridgehead atoms. The zero-order chi connectivity index (χ0) is 10.6. The molecule has 0 fully saturated rings. The van der Waals surface area contributed by atoms with Crippen LogP contribution in [0.25, 0.3) is 0 Å². The molecule has 0 aromatic carbocycles. The summed E-state index contributed by atoms with van der Waals surface area (Å²) in [5.41, 5.74) is 2.79. The maximum atomic E-state index is 5.26. The van der Waals surface area contributed by atoms with Crippen molar-refractivity contribution in [3.05, 3.63) is 23.7 Å². The predicted molar refractivity (Wildman–Crippen MR) is 60.6 cm³/mol. The minimum atomic E-state index is 0.586. The first-order valence-corrected chi connectivity index (χ1v) is 5.66. The third-order valence-electron chi connectivity index (χ3n) is 2.63. The van der Waals surface area contributed by atoms with Gasteiger partial charge in [0, 0.05) is 0 Å². The molecule has 0 atom stereocenters. The first kappa shape index (κ1) is 11.4. The van der Waals surface area contributed by atoms with E-state index >= 15 is 0 Å². The van der Waals surface area contributed by atoms with E-state index in [1.807, 2.05) is 12.5 Å². The molecule has 0 amide bonds. The molecule has 0 radical (unpaired) electrons. The Labute approximate surface area is 87.5 Å². The van der Waals surface area contributed by atoms with Crippen LogP contribution in [0.3, 0.4) is 0 Å². The second-order valence-corrected chi connectivity index (χ2v) is 4.79. The minimum Gasteiger partial charge on any atom is -0.472 e. The van der Waals surface area contributed by atoms with Gasteiger partial charge < -0.3 is 4.42 Å². The molecule has 1 heterocycles. The van der Waals surface area contributed by atoms with Gasteiger partial charge in [0.05, 0.1) is 12.5 Å². The van der Waals surface area contributed by atoms with Crippen LogP contribution in [0.4, 0.5) is 0 Å². The van der Waals surface area contributed by atoms with Gasteiger partial charge in [0.2, 0.25) is 0 Å². The van der Waals surface area contributed by atoms with Crippen LogP contribution in [0, 0.1) is 5.92 Å². The molecule has 0 unspecified atom stereocenters. The summed E-state index contributed by atoms with van der Waals surface area (Å²) in [5, 5.41) is 0. The highest BCUT2D eigenvalue weighted by Gasteiger charge is 2.08. The molecular weight excluding hydrogens is 172 g/mol. The summed E-state index contributed by atoms with van der Waals surface area (Å²) in [7, 11) is 0. The lowest BCUT2D eigenvalue weighted by Crippen LogP contribution is -1.94. The fraction of sp³-hybridized carbons (Fsp3) is 0.692. The summed E-state index contributed by atoms with van der Waals surface area (Å²) >= 11 is 0. The lowest BCUT2D eigenvalue weighted by molar-refractivity contribution is 0.544. The number of hydrogen-bond donors (Lipinski definition) is 0. The molecule has 1 aromatic heterocycles. The number of furan rings is 1. The molecule has 14 heavy (non-hydrogen) atoms. The smallest absolute Gasteiger partial charge is 0.0940 e. The lowest BCUT2D eigenvalue weighted by Gasteiger charge is -2.06. The largest absolute Gasteiger partial charge is 0.472 e. The van der Waals surface area contributed by atoms with Crippen molar-refractivity contribution in [3.8, 4) is 0 Å². The number of rotatable bonds is 5. The quantitative estimate of drug-likeness (QED) is 0.678. The van der Waals surface area contributed by atoms with Crippen molar-refractivity contribution in [1.29, 1.82) is 0 Å². The Morgan fingerprint density at radius 3 is 2.43 bits per heavy atom. The average Bonchev–Trinajstić information content (AvgIpc) is 2.51. The van der Waals surface area contributed by atoms with Gasteiger partial charge in [-0.2, -0.15) is 0 Å². The molecular formula is C13H22O. The van der Waals surface area contributed by atoms with E-state index in [1.165, 1.54) is 30.4 Å². The Balaban J connectivity index is 2.46. The van der Waals surface area contributed by atoms with Crippen LogP contribution in [-0.2, 0) is 6.42 Å². The van der Waals surface area contributed by atoms with Crippen LogP contribution in [0.2, 0.25) is 0 Å². The van der Waals surface area contributed by atoms with Crippen molar-refractivity contribution < 1.29 is 4.42 Å². The van der Waals surface area contributed by atoms with Crippen molar-refractivity contribution in [2.24, 2.45) is 5.92 Å². The zero-order valence-electron chi connectivity index (χ0n) is 9.84. The molecule has 0 saturated heterocycles. The molecule has 1 rings (SSSR count). The predicted octanol–water partition coefficient (Wildman–Crippen LogP) is 4.38. The molecule has 0 N–H and O–H groups in total. The first-order valence-electron chi connectivity index (χ1n) is 5.66. The second-order valence-electron chi connectivity index (χ2n) is 4.79. The van der Waals surface area contributed by atoms with Crippen molar-refractivity contribution in [3.63, 3.8) is 0 Å². The van der Waals surface area contributed by atoms with Gasteiger partial charge >= 0.3 is 0 Å². The Morgan fingerprint density at radius 1 is 1.14 bits per heavy atom. The van der Waals surface area contributed by atoms with Crippen LogP contribution >= 0.6 is 0 Å². The Morgan fingerprint density at radius 2 is 1.86 bits per heavy atom. The third kappa shape index (κ3) is 3.21. The van der Waals surface area contributed by atoms with Gasteiger partial charge in [-0.3, -0.25) is 0 Å². The number of aryl methyl sites for hydroxylation is 1. The second kappa shape index (κ2) is 5.23. The molecule has 1 nitrogen and oxygen atoms in total.